The number of carbonyl (C=O) groups excluding carboxylic acids is 6. The molecular formula is C77H89N5O17. The van der Waals surface area contributed by atoms with E-state index in [0.717, 1.165) is 6.42 Å². The monoisotopic (exact) mass is 1360 g/mol. The summed E-state index contributed by atoms with van der Waals surface area (Å²) in [6.07, 6.45) is 3.80. The molecule has 22 nitrogen and oxygen atoms in total. The van der Waals surface area contributed by atoms with Crippen LogP contribution >= 0.6 is 0 Å². The molecule has 6 aromatic carbocycles. The Bertz CT molecular complexity index is 3350. The first kappa shape index (κ1) is 72.5. The molecular weight excluding hydrogens is 1270 g/mol. The highest BCUT2D eigenvalue weighted by Gasteiger charge is 2.55. The molecule has 3 aliphatic heterocycles. The number of piperazine rings is 2. The molecule has 0 aromatic heterocycles. The number of carbonyl (C=O) groups is 7. The van der Waals surface area contributed by atoms with Gasteiger partial charge in [-0.3, -0.25) is 29.0 Å². The van der Waals surface area contributed by atoms with E-state index in [1.54, 1.807) is 9.80 Å². The van der Waals surface area contributed by atoms with Crippen LogP contribution in [0.2, 0.25) is 0 Å². The van der Waals surface area contributed by atoms with Crippen molar-refractivity contribution in [2.45, 2.75) is 43.2 Å². The zero-order valence-corrected chi connectivity index (χ0v) is 55.9. The number of rotatable bonds is 33. The van der Waals surface area contributed by atoms with Crippen molar-refractivity contribution in [2.24, 2.45) is 23.7 Å². The molecule has 2 aliphatic carbocycles. The van der Waals surface area contributed by atoms with Gasteiger partial charge in [-0.2, -0.15) is 5.06 Å². The number of fused-ring (bicyclic) bond motifs is 5. The average Bonchev–Trinajstić information content (AvgIpc) is 1.51. The Morgan fingerprint density at radius 3 is 1.01 bits per heavy atom. The molecule has 11 rings (SSSR count). The molecule has 1 N–H and O–H groups in total. The summed E-state index contributed by atoms with van der Waals surface area (Å²) in [5, 5.41) is 9.73. The Kier molecular flexibility index (Phi) is 27.1. The topological polar surface area (TPSA) is 239 Å². The molecule has 4 atom stereocenters. The Hall–Kier alpha value is -9.29. The second kappa shape index (κ2) is 37.1. The molecule has 3 saturated heterocycles. The third kappa shape index (κ3) is 18.9. The predicted molar refractivity (Wildman–Crippen MR) is 364 cm³/mol. The number of hydrogen-bond donors (Lipinski definition) is 1. The summed E-state index contributed by atoms with van der Waals surface area (Å²) in [6, 6.07) is 63.1. The Labute approximate surface area is 578 Å². The second-order valence-electron chi connectivity index (χ2n) is 24.6. The first-order valence-corrected chi connectivity index (χ1v) is 34.2. The Morgan fingerprint density at radius 1 is 0.374 bits per heavy atom. The van der Waals surface area contributed by atoms with Gasteiger partial charge < -0.3 is 57.6 Å². The molecule has 1 unspecified atom stereocenters. The smallest absolute Gasteiger partial charge is 0.409 e. The highest BCUT2D eigenvalue weighted by molar-refractivity contribution is 5.84. The van der Waals surface area contributed by atoms with Gasteiger partial charge in [0.25, 0.3) is 5.91 Å². The summed E-state index contributed by atoms with van der Waals surface area (Å²) in [5.74, 6) is -2.20. The number of amides is 3. The van der Waals surface area contributed by atoms with E-state index in [2.05, 4.69) is 168 Å². The number of hydroxylamine groups is 2. The molecule has 524 valence electrons. The van der Waals surface area contributed by atoms with Gasteiger partial charge in [-0.25, -0.2) is 14.4 Å². The van der Waals surface area contributed by atoms with Crippen LogP contribution in [0, 0.1) is 23.7 Å². The lowest BCUT2D eigenvalue weighted by atomic mass is 9.75. The van der Waals surface area contributed by atoms with Crippen LogP contribution in [-0.4, -0.2) is 210 Å². The summed E-state index contributed by atoms with van der Waals surface area (Å²) in [4.78, 5) is 98.3. The first-order valence-electron chi connectivity index (χ1n) is 34.2. The van der Waals surface area contributed by atoms with Gasteiger partial charge in [-0.05, 0) is 57.6 Å². The number of benzene rings is 6. The Morgan fingerprint density at radius 2 is 0.677 bits per heavy atom. The maximum absolute atomic E-state index is 13.0. The number of esters is 2. The zero-order chi connectivity index (χ0) is 69.1. The van der Waals surface area contributed by atoms with Crippen molar-refractivity contribution >= 4 is 42.0 Å². The molecule has 6 aromatic rings. The van der Waals surface area contributed by atoms with Crippen molar-refractivity contribution in [3.63, 3.8) is 0 Å². The van der Waals surface area contributed by atoms with E-state index in [1.807, 2.05) is 36.4 Å². The summed E-state index contributed by atoms with van der Waals surface area (Å²) in [5.41, 5.74) is 5.99. The van der Waals surface area contributed by atoms with Crippen LogP contribution in [0.1, 0.15) is 65.5 Å². The Balaban J connectivity index is 0.000000220. The minimum absolute atomic E-state index is 0.0334. The third-order valence-electron chi connectivity index (χ3n) is 18.6. The largest absolute Gasteiger partial charge is 0.481 e. The van der Waals surface area contributed by atoms with E-state index in [9.17, 15) is 33.6 Å². The van der Waals surface area contributed by atoms with Crippen molar-refractivity contribution in [1.29, 1.82) is 0 Å². The van der Waals surface area contributed by atoms with Gasteiger partial charge in [-0.1, -0.05) is 194 Å². The van der Waals surface area contributed by atoms with Crippen molar-refractivity contribution in [3.8, 4) is 0 Å². The van der Waals surface area contributed by atoms with Crippen molar-refractivity contribution in [2.75, 3.05) is 138 Å². The van der Waals surface area contributed by atoms with Gasteiger partial charge in [0.1, 0.15) is 26.4 Å². The van der Waals surface area contributed by atoms with Crippen LogP contribution < -0.4 is 0 Å². The van der Waals surface area contributed by atoms with Crippen LogP contribution in [0.25, 0.3) is 0 Å². The van der Waals surface area contributed by atoms with E-state index in [1.165, 1.54) is 38.4 Å². The fourth-order valence-electron chi connectivity index (χ4n) is 14.0. The molecule has 2 bridgehead atoms. The summed E-state index contributed by atoms with van der Waals surface area (Å²) in [6.45, 7) is 7.44. The van der Waals surface area contributed by atoms with Gasteiger partial charge in [0, 0.05) is 52.4 Å². The van der Waals surface area contributed by atoms with Crippen LogP contribution in [0.3, 0.4) is 0 Å². The minimum Gasteiger partial charge on any atom is -0.481 e. The molecule has 3 heterocycles. The highest BCUT2D eigenvalue weighted by Crippen LogP contribution is 2.52. The van der Waals surface area contributed by atoms with Gasteiger partial charge in [0.05, 0.1) is 102 Å². The number of ether oxygens (including phenoxy) is 8. The van der Waals surface area contributed by atoms with Crippen molar-refractivity contribution in [3.05, 3.63) is 228 Å². The molecule has 99 heavy (non-hydrogen) atoms. The first-order chi connectivity index (χ1) is 48.5. The molecule has 3 amide bonds. The maximum atomic E-state index is 13.0. The molecule has 0 spiro atoms. The normalized spacial score (nSPS) is 18.2. The van der Waals surface area contributed by atoms with E-state index in [4.69, 9.17) is 47.8 Å². The van der Waals surface area contributed by atoms with Crippen LogP contribution in [0.5, 0.6) is 0 Å². The highest BCUT2D eigenvalue weighted by atomic mass is 16.7. The lowest BCUT2D eigenvalue weighted by Crippen LogP contribution is -2.57. The maximum Gasteiger partial charge on any atom is 0.409 e. The van der Waals surface area contributed by atoms with Gasteiger partial charge in [-0.15, -0.1) is 0 Å². The number of hydrogen-bond acceptors (Lipinski definition) is 18. The predicted octanol–water partition coefficient (Wildman–Crippen LogP) is 9.00. The van der Waals surface area contributed by atoms with E-state index >= 15 is 0 Å². The minimum atomic E-state index is -1.05. The van der Waals surface area contributed by atoms with Crippen LogP contribution in [-0.2, 0) is 77.8 Å². The fraction of sp³-hybridized carbons (Fsp3) is 0.416. The number of aliphatic carboxylic acids is 1. The van der Waals surface area contributed by atoms with E-state index < -0.39 is 35.0 Å². The van der Waals surface area contributed by atoms with Gasteiger partial charge in [0.2, 0.25) is 0 Å². The van der Waals surface area contributed by atoms with Crippen molar-refractivity contribution < 1.29 is 81.4 Å². The molecule has 4 fully saturated rings. The molecule has 1 saturated carbocycles. The standard InChI is InChI=1S/C43H49N3O9.C34H40N2O8/c47-38(18-19-39(48)55-46-31-37-32-16-17-33(30-32)40(37)41(46)49)53-28-26-51-24-25-52-27-29-54-42(50)44-20-22-45(23-21-44)43(34-10-4-1-5-11-34,35-12-6-2-7-13-35)36-14-8-3-9-15-36;37-31(38)16-17-32(39)43-26-24-41-22-23-42-25-27-44-33(40)35-18-20-36(21-19-35)34(28-10-4-1-5-11-28,29-12-6-2-7-13-29)30-14-8-3-9-15-30/h1-17,32-33,37,40H,18-31H2;1-15H,16-27H2,(H,37,38)/t32-,33+,37-,40?;/m1./s1. The molecule has 0 radical (unpaired) electrons. The number of nitrogens with zero attached hydrogens (tertiary/aromatic N) is 5. The summed E-state index contributed by atoms with van der Waals surface area (Å²) in [7, 11) is 0. The third-order valence-corrected chi connectivity index (χ3v) is 18.6. The fourth-order valence-corrected chi connectivity index (χ4v) is 14.0. The summed E-state index contributed by atoms with van der Waals surface area (Å²) >= 11 is 0. The molecule has 22 heteroatoms. The summed E-state index contributed by atoms with van der Waals surface area (Å²) < 4.78 is 42.8. The van der Waals surface area contributed by atoms with E-state index in [-0.39, 0.29) is 134 Å². The number of carboxylic acids is 1. The second-order valence-corrected chi connectivity index (χ2v) is 24.6. The van der Waals surface area contributed by atoms with E-state index in [0.29, 0.717) is 71.4 Å². The van der Waals surface area contributed by atoms with Crippen LogP contribution in [0.15, 0.2) is 194 Å². The quantitative estimate of drug-likeness (QED) is 0.0133. The number of carboxylic acid groups (broad SMARTS) is 1. The van der Waals surface area contributed by atoms with Gasteiger partial charge in [0.15, 0.2) is 0 Å². The van der Waals surface area contributed by atoms with Gasteiger partial charge >= 0.3 is 36.1 Å². The van der Waals surface area contributed by atoms with Crippen LogP contribution in [0.4, 0.5) is 9.59 Å². The zero-order valence-electron chi connectivity index (χ0n) is 55.9. The average molecular weight is 1360 g/mol. The van der Waals surface area contributed by atoms with Crippen molar-refractivity contribution in [1.82, 2.24) is 24.7 Å². The lowest BCUT2D eigenvalue weighted by molar-refractivity contribution is -0.195. The SMILES string of the molecule is O=C(CCC(=O)ON1C[C@H]2C(C1=O)[C@H]1C=C[C@@H]2C1)OCCOCCOCCOC(=O)N1CCN(C(c2ccccc2)(c2ccccc2)c2ccccc2)CC1.O=C(O)CCC(=O)OCCOCCOCCOC(=O)N1CCN(C(c2ccccc2)(c2ccccc2)c2ccccc2)CC1. The molecule has 5 aliphatic rings. The number of allylic oxidation sites excluding steroid dienone is 2. The lowest BCUT2D eigenvalue weighted by Gasteiger charge is -2.48.